The van der Waals surface area contributed by atoms with Crippen LogP contribution < -0.4 is 0 Å². The van der Waals surface area contributed by atoms with E-state index in [1.54, 1.807) is 15.9 Å². The van der Waals surface area contributed by atoms with Crippen LogP contribution in [0, 0.1) is 18.6 Å². The number of hydrogen-bond donors (Lipinski definition) is 0. The number of hydrogen-bond acceptors (Lipinski definition) is 2. The Morgan fingerprint density at radius 1 is 1.29 bits per heavy atom. The zero-order valence-electron chi connectivity index (χ0n) is 11.5. The molecule has 0 spiro atoms. The lowest BCUT2D eigenvalue weighted by atomic mass is 10.2. The quantitative estimate of drug-likeness (QED) is 0.617. The van der Waals surface area contributed by atoms with E-state index in [0.717, 1.165) is 10.9 Å². The molecule has 0 radical (unpaired) electrons. The van der Waals surface area contributed by atoms with Gasteiger partial charge in [-0.3, -0.25) is 0 Å². The van der Waals surface area contributed by atoms with Crippen molar-refractivity contribution in [3.05, 3.63) is 51.5 Å². The van der Waals surface area contributed by atoms with Gasteiger partial charge >= 0.3 is 0 Å². The molecule has 2 nitrogen and oxygen atoms in total. The van der Waals surface area contributed by atoms with Gasteiger partial charge in [-0.2, -0.15) is 0 Å². The third-order valence-electron chi connectivity index (χ3n) is 3.50. The summed E-state index contributed by atoms with van der Waals surface area (Å²) in [4.78, 5) is 6.54. The Morgan fingerprint density at radius 3 is 2.67 bits per heavy atom. The van der Waals surface area contributed by atoms with Gasteiger partial charge in [0.25, 0.3) is 0 Å². The summed E-state index contributed by atoms with van der Waals surface area (Å²) in [6.45, 7) is 3.95. The Morgan fingerprint density at radius 2 is 2.05 bits per heavy atom. The number of rotatable bonds is 3. The van der Waals surface area contributed by atoms with Crippen molar-refractivity contribution in [1.29, 1.82) is 0 Å². The topological polar surface area (TPSA) is 17.8 Å². The number of halogens is 3. The maximum absolute atomic E-state index is 14.2. The molecule has 6 heteroatoms. The highest BCUT2D eigenvalue weighted by Gasteiger charge is 2.22. The van der Waals surface area contributed by atoms with Gasteiger partial charge in [0.1, 0.15) is 11.3 Å². The molecule has 0 saturated heterocycles. The van der Waals surface area contributed by atoms with Gasteiger partial charge in [0, 0.05) is 9.75 Å². The molecule has 0 amide bonds. The maximum Gasteiger partial charge on any atom is 0.184 e. The van der Waals surface area contributed by atoms with Crippen LogP contribution in [-0.2, 0) is 5.88 Å². The molecule has 0 aliphatic rings. The van der Waals surface area contributed by atoms with E-state index < -0.39 is 11.6 Å². The summed E-state index contributed by atoms with van der Waals surface area (Å²) >= 11 is 7.56. The van der Waals surface area contributed by atoms with Gasteiger partial charge in [-0.15, -0.1) is 22.9 Å². The predicted octanol–water partition coefficient (Wildman–Crippen LogP) is 5.03. The third-order valence-corrected chi connectivity index (χ3v) is 4.91. The Bertz CT molecular complexity index is 809. The average Bonchev–Trinajstić information content (AvgIpc) is 3.06. The van der Waals surface area contributed by atoms with Crippen molar-refractivity contribution in [3.63, 3.8) is 0 Å². The van der Waals surface area contributed by atoms with Crippen LogP contribution in [0.15, 0.2) is 24.3 Å². The monoisotopic (exact) mass is 326 g/mol. The molecule has 110 valence electrons. The van der Waals surface area contributed by atoms with E-state index >= 15 is 0 Å². The number of benzene rings is 1. The van der Waals surface area contributed by atoms with Gasteiger partial charge in [-0.1, -0.05) is 0 Å². The predicted molar refractivity (Wildman–Crippen MR) is 82.1 cm³/mol. The van der Waals surface area contributed by atoms with Crippen LogP contribution in [0.2, 0.25) is 0 Å². The van der Waals surface area contributed by atoms with E-state index in [-0.39, 0.29) is 17.4 Å². The second kappa shape index (κ2) is 5.39. The first kappa shape index (κ1) is 14.5. The lowest BCUT2D eigenvalue weighted by Crippen LogP contribution is -2.09. The van der Waals surface area contributed by atoms with Crippen LogP contribution in [0.4, 0.5) is 8.78 Å². The van der Waals surface area contributed by atoms with Crippen molar-refractivity contribution in [1.82, 2.24) is 9.55 Å². The molecule has 3 rings (SSSR count). The minimum atomic E-state index is -0.878. The number of imidazole rings is 1. The summed E-state index contributed by atoms with van der Waals surface area (Å²) in [5.74, 6) is -1.07. The second-order valence-corrected chi connectivity index (χ2v) is 6.47. The minimum Gasteiger partial charge on any atom is -0.316 e. The average molecular weight is 327 g/mol. The molecule has 2 heterocycles. The van der Waals surface area contributed by atoms with Crippen molar-refractivity contribution < 1.29 is 8.78 Å². The fraction of sp³-hybridized carbons (Fsp3) is 0.267. The van der Waals surface area contributed by atoms with Crippen LogP contribution >= 0.6 is 22.9 Å². The molecule has 0 bridgehead atoms. The number of aromatic nitrogens is 2. The Labute approximate surface area is 130 Å². The number of alkyl halides is 1. The molecule has 0 aliphatic carbocycles. The first-order chi connectivity index (χ1) is 10.0. The molecule has 0 saturated carbocycles. The molecule has 1 aromatic carbocycles. The smallest absolute Gasteiger partial charge is 0.184 e. The molecule has 0 aliphatic heterocycles. The Hall–Kier alpha value is -1.46. The Kier molecular flexibility index (Phi) is 3.71. The van der Waals surface area contributed by atoms with Crippen molar-refractivity contribution in [2.45, 2.75) is 25.8 Å². The lowest BCUT2D eigenvalue weighted by molar-refractivity contribution is 0.508. The van der Waals surface area contributed by atoms with Crippen molar-refractivity contribution in [2.75, 3.05) is 0 Å². The van der Waals surface area contributed by atoms with Crippen LogP contribution in [0.5, 0.6) is 0 Å². The molecule has 2 aromatic heterocycles. The fourth-order valence-electron chi connectivity index (χ4n) is 2.49. The summed E-state index contributed by atoms with van der Waals surface area (Å²) in [5.41, 5.74) is 0.592. The largest absolute Gasteiger partial charge is 0.316 e. The highest BCUT2D eigenvalue weighted by molar-refractivity contribution is 7.12. The Balaban J connectivity index is 2.27. The van der Waals surface area contributed by atoms with Crippen molar-refractivity contribution >= 4 is 34.0 Å². The zero-order chi connectivity index (χ0) is 15.1. The first-order valence-electron chi connectivity index (χ1n) is 6.50. The van der Waals surface area contributed by atoms with Gasteiger partial charge < -0.3 is 4.57 Å². The molecule has 0 N–H and O–H groups in total. The third kappa shape index (κ3) is 2.34. The van der Waals surface area contributed by atoms with Gasteiger partial charge in [0.05, 0.1) is 17.4 Å². The standard InChI is InChI=1S/C15H13ClF2N2S/c1-8-3-6-12(21-8)9(2)20-13(7-16)19-11-5-4-10(17)14(18)15(11)20/h3-6,9H,7H2,1-2H3. The second-order valence-electron chi connectivity index (χ2n) is 4.89. The van der Waals surface area contributed by atoms with E-state index in [1.165, 1.54) is 10.9 Å². The van der Waals surface area contributed by atoms with E-state index in [1.807, 2.05) is 26.0 Å². The summed E-state index contributed by atoms with van der Waals surface area (Å²) in [5, 5.41) is 0. The summed E-state index contributed by atoms with van der Waals surface area (Å²) < 4.78 is 29.5. The number of fused-ring (bicyclic) bond motifs is 1. The highest BCUT2D eigenvalue weighted by atomic mass is 35.5. The van der Waals surface area contributed by atoms with E-state index in [2.05, 4.69) is 4.98 Å². The molecule has 1 unspecified atom stereocenters. The molecular weight excluding hydrogens is 314 g/mol. The van der Waals surface area contributed by atoms with Crippen LogP contribution in [0.3, 0.4) is 0 Å². The maximum atomic E-state index is 14.2. The molecule has 0 fully saturated rings. The number of aryl methyl sites for hydroxylation is 1. The molecular formula is C15H13ClF2N2S. The number of nitrogens with zero attached hydrogens (tertiary/aromatic N) is 2. The van der Waals surface area contributed by atoms with E-state index in [4.69, 9.17) is 11.6 Å². The molecule has 21 heavy (non-hydrogen) atoms. The summed E-state index contributed by atoms with van der Waals surface area (Å²) in [7, 11) is 0. The summed E-state index contributed by atoms with van der Waals surface area (Å²) in [6.07, 6.45) is 0. The number of thiophene rings is 1. The zero-order valence-corrected chi connectivity index (χ0v) is 13.1. The van der Waals surface area contributed by atoms with Gasteiger partial charge in [0.15, 0.2) is 11.6 Å². The van der Waals surface area contributed by atoms with Gasteiger partial charge in [-0.25, -0.2) is 13.8 Å². The van der Waals surface area contributed by atoms with Crippen molar-refractivity contribution in [2.24, 2.45) is 0 Å². The van der Waals surface area contributed by atoms with Crippen LogP contribution in [0.25, 0.3) is 11.0 Å². The van der Waals surface area contributed by atoms with Gasteiger partial charge in [-0.05, 0) is 38.1 Å². The molecule has 1 atom stereocenters. The van der Waals surface area contributed by atoms with Crippen LogP contribution in [-0.4, -0.2) is 9.55 Å². The lowest BCUT2D eigenvalue weighted by Gasteiger charge is -2.16. The first-order valence-corrected chi connectivity index (χ1v) is 7.85. The normalized spacial score (nSPS) is 13.0. The minimum absolute atomic E-state index is 0.143. The highest BCUT2D eigenvalue weighted by Crippen LogP contribution is 2.32. The summed E-state index contributed by atoms with van der Waals surface area (Å²) in [6, 6.07) is 6.41. The van der Waals surface area contributed by atoms with E-state index in [0.29, 0.717) is 11.3 Å². The van der Waals surface area contributed by atoms with Crippen LogP contribution in [0.1, 0.15) is 28.5 Å². The SMILES string of the molecule is Cc1ccc(C(C)n2c(CCl)nc3ccc(F)c(F)c32)s1. The van der Waals surface area contributed by atoms with Crippen molar-refractivity contribution in [3.8, 4) is 0 Å². The molecule has 3 aromatic rings. The fourth-order valence-corrected chi connectivity index (χ4v) is 3.60. The van der Waals surface area contributed by atoms with Gasteiger partial charge in [0.2, 0.25) is 0 Å². The van der Waals surface area contributed by atoms with E-state index in [9.17, 15) is 8.78 Å².